The molecule has 0 aromatic rings. The summed E-state index contributed by atoms with van der Waals surface area (Å²) in [6.45, 7) is 14.5. The number of carbonyl (C=O) groups is 1. The normalized spacial score (nSPS) is 12.4. The average Bonchev–Trinajstić information content (AvgIpc) is 2.01. The number of carbonyl (C=O) groups excluding carboxylic acids is 1. The van der Waals surface area contributed by atoms with Crippen LogP contribution in [0.5, 0.6) is 0 Å². The quantitative estimate of drug-likeness (QED) is 0.742. The Labute approximate surface area is 94.0 Å². The van der Waals surface area contributed by atoms with Crippen LogP contribution in [-0.2, 0) is 0 Å². The molecule has 0 atom stereocenters. The molecule has 15 heavy (non-hydrogen) atoms. The fourth-order valence-corrected chi connectivity index (χ4v) is 1.09. The van der Waals surface area contributed by atoms with Crippen molar-refractivity contribution < 1.29 is 4.79 Å². The second-order valence-corrected chi connectivity index (χ2v) is 5.67. The Hall–Kier alpha value is -0.730. The molecule has 0 aliphatic carbocycles. The van der Waals surface area contributed by atoms with Gasteiger partial charge in [-0.05, 0) is 24.2 Å². The van der Waals surface area contributed by atoms with Gasteiger partial charge in [0.2, 0.25) is 0 Å². The van der Waals surface area contributed by atoms with Crippen molar-refractivity contribution in [1.29, 1.82) is 0 Å². The number of nitrogens with one attached hydrogen (secondary N) is 2. The monoisotopic (exact) mass is 214 g/mol. The highest BCUT2D eigenvalue weighted by Gasteiger charge is 2.31. The lowest BCUT2D eigenvalue weighted by Gasteiger charge is -2.39. The van der Waals surface area contributed by atoms with Gasteiger partial charge in [0.25, 0.3) is 0 Å². The first kappa shape index (κ1) is 14.3. The summed E-state index contributed by atoms with van der Waals surface area (Å²) in [6, 6.07) is -0.0674. The zero-order chi connectivity index (χ0) is 12.1. The van der Waals surface area contributed by atoms with Crippen LogP contribution in [0, 0.1) is 10.8 Å². The maximum absolute atomic E-state index is 11.2. The van der Waals surface area contributed by atoms with E-state index in [1.807, 2.05) is 6.92 Å². The van der Waals surface area contributed by atoms with Crippen molar-refractivity contribution in [2.45, 2.75) is 48.0 Å². The fraction of sp³-hybridized carbons (Fsp3) is 0.917. The van der Waals surface area contributed by atoms with Gasteiger partial charge in [-0.15, -0.1) is 0 Å². The summed E-state index contributed by atoms with van der Waals surface area (Å²) >= 11 is 0. The largest absolute Gasteiger partial charge is 0.338 e. The van der Waals surface area contributed by atoms with E-state index in [9.17, 15) is 4.79 Å². The van der Waals surface area contributed by atoms with Crippen LogP contribution >= 0.6 is 0 Å². The predicted octanol–water partition coefficient (Wildman–Crippen LogP) is 2.77. The third-order valence-corrected chi connectivity index (χ3v) is 3.40. The lowest BCUT2D eigenvalue weighted by Crippen LogP contribution is -2.39. The van der Waals surface area contributed by atoms with Crippen molar-refractivity contribution in [3.8, 4) is 0 Å². The number of urea groups is 1. The number of hydrogen-bond donors (Lipinski definition) is 2. The third-order valence-electron chi connectivity index (χ3n) is 3.40. The van der Waals surface area contributed by atoms with Crippen LogP contribution in [0.15, 0.2) is 0 Å². The molecule has 0 saturated heterocycles. The minimum absolute atomic E-state index is 0.0674. The average molecular weight is 214 g/mol. The number of amides is 2. The number of rotatable bonds is 4. The minimum Gasteiger partial charge on any atom is -0.338 e. The van der Waals surface area contributed by atoms with Crippen LogP contribution in [0.1, 0.15) is 48.0 Å². The standard InChI is InChI=1S/C12H26N2O/c1-7-13-10(15)14-9-8-12(5,6)11(2,3)4/h7-9H2,1-6H3,(H2,13,14,15). The fourth-order valence-electron chi connectivity index (χ4n) is 1.09. The zero-order valence-electron chi connectivity index (χ0n) is 11.0. The van der Waals surface area contributed by atoms with E-state index in [0.29, 0.717) is 6.54 Å². The highest BCUT2D eigenvalue weighted by Crippen LogP contribution is 2.40. The molecule has 0 aliphatic rings. The van der Waals surface area contributed by atoms with Crippen LogP contribution in [0.25, 0.3) is 0 Å². The second kappa shape index (κ2) is 5.38. The molecule has 2 amide bonds. The van der Waals surface area contributed by atoms with Crippen LogP contribution < -0.4 is 10.6 Å². The van der Waals surface area contributed by atoms with Crippen LogP contribution in [0.3, 0.4) is 0 Å². The van der Waals surface area contributed by atoms with Gasteiger partial charge in [0.15, 0.2) is 0 Å². The van der Waals surface area contributed by atoms with E-state index in [1.165, 1.54) is 0 Å². The van der Waals surface area contributed by atoms with Crippen LogP contribution in [0.2, 0.25) is 0 Å². The second-order valence-electron chi connectivity index (χ2n) is 5.67. The molecule has 0 spiro atoms. The molecule has 0 aromatic carbocycles. The van der Waals surface area contributed by atoms with Gasteiger partial charge in [0, 0.05) is 13.1 Å². The summed E-state index contributed by atoms with van der Waals surface area (Å²) in [6.07, 6.45) is 0.994. The highest BCUT2D eigenvalue weighted by atomic mass is 16.2. The number of hydrogen-bond acceptors (Lipinski definition) is 1. The van der Waals surface area contributed by atoms with Gasteiger partial charge in [0.05, 0.1) is 0 Å². The molecule has 3 nitrogen and oxygen atoms in total. The van der Waals surface area contributed by atoms with E-state index < -0.39 is 0 Å². The van der Waals surface area contributed by atoms with E-state index in [-0.39, 0.29) is 16.9 Å². The van der Waals surface area contributed by atoms with E-state index in [2.05, 4.69) is 45.3 Å². The first-order chi connectivity index (χ1) is 6.70. The molecule has 0 aromatic heterocycles. The molecule has 0 heterocycles. The zero-order valence-corrected chi connectivity index (χ0v) is 11.0. The minimum atomic E-state index is -0.0674. The van der Waals surface area contributed by atoms with Gasteiger partial charge in [-0.1, -0.05) is 34.6 Å². The Morgan fingerprint density at radius 2 is 1.60 bits per heavy atom. The maximum Gasteiger partial charge on any atom is 0.314 e. The Morgan fingerprint density at radius 1 is 1.07 bits per heavy atom. The summed E-state index contributed by atoms with van der Waals surface area (Å²) in [4.78, 5) is 11.2. The Balaban J connectivity index is 3.91. The summed E-state index contributed by atoms with van der Waals surface area (Å²) in [5.74, 6) is 0. The summed E-state index contributed by atoms with van der Waals surface area (Å²) in [7, 11) is 0. The van der Waals surface area contributed by atoms with Crippen molar-refractivity contribution in [2.75, 3.05) is 13.1 Å². The molecule has 3 heteroatoms. The molecular weight excluding hydrogens is 188 g/mol. The Bertz CT molecular complexity index is 204. The van der Waals surface area contributed by atoms with Gasteiger partial charge in [-0.3, -0.25) is 0 Å². The van der Waals surface area contributed by atoms with E-state index >= 15 is 0 Å². The maximum atomic E-state index is 11.2. The van der Waals surface area contributed by atoms with E-state index in [0.717, 1.165) is 13.0 Å². The topological polar surface area (TPSA) is 41.1 Å². The lowest BCUT2D eigenvalue weighted by molar-refractivity contribution is 0.120. The molecule has 0 unspecified atom stereocenters. The SMILES string of the molecule is CCNC(=O)NCCC(C)(C)C(C)(C)C. The lowest BCUT2D eigenvalue weighted by atomic mass is 9.67. The highest BCUT2D eigenvalue weighted by molar-refractivity contribution is 5.73. The first-order valence-corrected chi connectivity index (χ1v) is 5.72. The van der Waals surface area contributed by atoms with Crippen molar-refractivity contribution in [1.82, 2.24) is 10.6 Å². The van der Waals surface area contributed by atoms with E-state index in [4.69, 9.17) is 0 Å². The van der Waals surface area contributed by atoms with Gasteiger partial charge < -0.3 is 10.6 Å². The first-order valence-electron chi connectivity index (χ1n) is 5.72. The summed E-state index contributed by atoms with van der Waals surface area (Å²) < 4.78 is 0. The molecule has 2 N–H and O–H groups in total. The van der Waals surface area contributed by atoms with Crippen molar-refractivity contribution in [2.24, 2.45) is 10.8 Å². The van der Waals surface area contributed by atoms with Crippen molar-refractivity contribution >= 4 is 6.03 Å². The third kappa shape index (κ3) is 5.05. The molecule has 0 aliphatic heterocycles. The van der Waals surface area contributed by atoms with Gasteiger partial charge in [-0.25, -0.2) is 4.79 Å². The predicted molar refractivity (Wildman–Crippen MR) is 64.9 cm³/mol. The molecule has 0 radical (unpaired) electrons. The van der Waals surface area contributed by atoms with Gasteiger partial charge in [-0.2, -0.15) is 0 Å². The van der Waals surface area contributed by atoms with Crippen molar-refractivity contribution in [3.63, 3.8) is 0 Å². The smallest absolute Gasteiger partial charge is 0.314 e. The van der Waals surface area contributed by atoms with Crippen molar-refractivity contribution in [3.05, 3.63) is 0 Å². The van der Waals surface area contributed by atoms with Gasteiger partial charge in [0.1, 0.15) is 0 Å². The molecule has 0 bridgehead atoms. The Morgan fingerprint density at radius 3 is 2.00 bits per heavy atom. The molecule has 0 saturated carbocycles. The summed E-state index contributed by atoms with van der Waals surface area (Å²) in [5, 5.41) is 5.58. The molecule has 0 rings (SSSR count). The van der Waals surface area contributed by atoms with Crippen LogP contribution in [-0.4, -0.2) is 19.1 Å². The Kier molecular flexibility index (Phi) is 5.12. The molecule has 0 fully saturated rings. The molecule has 90 valence electrons. The van der Waals surface area contributed by atoms with Crippen LogP contribution in [0.4, 0.5) is 4.79 Å². The summed E-state index contributed by atoms with van der Waals surface area (Å²) in [5.41, 5.74) is 0.488. The molecular formula is C12H26N2O. The van der Waals surface area contributed by atoms with Gasteiger partial charge >= 0.3 is 6.03 Å². The van der Waals surface area contributed by atoms with E-state index in [1.54, 1.807) is 0 Å².